The van der Waals surface area contributed by atoms with Gasteiger partial charge in [-0.25, -0.2) is 4.39 Å². The highest BCUT2D eigenvalue weighted by atomic mass is 35.5. The molecule has 0 heterocycles. The van der Waals surface area contributed by atoms with Crippen molar-refractivity contribution in [2.24, 2.45) is 0 Å². The zero-order valence-electron chi connectivity index (χ0n) is 10.8. The van der Waals surface area contributed by atoms with Crippen LogP contribution >= 0.6 is 11.6 Å². The van der Waals surface area contributed by atoms with Gasteiger partial charge in [0.05, 0.1) is 6.10 Å². The standard InChI is InChI=1S/C15H18ClFO/c1-3-14(4-2)18-15-10-12(7-5-6-8-16)9-13(17)11-15/h9-11,14H,3-4,6,8H2,1-2H3. The van der Waals surface area contributed by atoms with E-state index in [0.717, 1.165) is 12.8 Å². The first-order chi connectivity index (χ1) is 8.69. The van der Waals surface area contributed by atoms with Gasteiger partial charge in [0, 0.05) is 23.9 Å². The van der Waals surface area contributed by atoms with Crippen LogP contribution in [-0.2, 0) is 0 Å². The summed E-state index contributed by atoms with van der Waals surface area (Å²) >= 11 is 5.54. The van der Waals surface area contributed by atoms with Gasteiger partial charge in [0.2, 0.25) is 0 Å². The molecule has 0 saturated carbocycles. The normalized spacial score (nSPS) is 10.1. The van der Waals surface area contributed by atoms with Gasteiger partial charge in [0.15, 0.2) is 0 Å². The smallest absolute Gasteiger partial charge is 0.128 e. The molecule has 1 aromatic carbocycles. The number of halogens is 2. The van der Waals surface area contributed by atoms with Gasteiger partial charge in [-0.15, -0.1) is 11.6 Å². The molecular weight excluding hydrogens is 251 g/mol. The number of ether oxygens (including phenoxy) is 1. The molecule has 1 nitrogen and oxygen atoms in total. The summed E-state index contributed by atoms with van der Waals surface area (Å²) in [7, 11) is 0. The van der Waals surface area contributed by atoms with Crippen molar-refractivity contribution in [2.45, 2.75) is 39.2 Å². The number of benzene rings is 1. The summed E-state index contributed by atoms with van der Waals surface area (Å²) in [4.78, 5) is 0. The number of hydrogen-bond acceptors (Lipinski definition) is 1. The Balaban J connectivity index is 2.84. The van der Waals surface area contributed by atoms with E-state index in [1.807, 2.05) is 0 Å². The van der Waals surface area contributed by atoms with Crippen molar-refractivity contribution in [3.63, 3.8) is 0 Å². The molecule has 3 heteroatoms. The summed E-state index contributed by atoms with van der Waals surface area (Å²) in [6, 6.07) is 4.56. The average Bonchev–Trinajstić information content (AvgIpc) is 2.35. The summed E-state index contributed by atoms with van der Waals surface area (Å²) in [5.74, 6) is 6.47. The van der Waals surface area contributed by atoms with E-state index in [9.17, 15) is 4.39 Å². The van der Waals surface area contributed by atoms with Crippen molar-refractivity contribution in [3.05, 3.63) is 29.6 Å². The van der Waals surface area contributed by atoms with Crippen LogP contribution in [0.4, 0.5) is 4.39 Å². The third-order valence-corrected chi connectivity index (χ3v) is 2.73. The lowest BCUT2D eigenvalue weighted by atomic mass is 10.2. The van der Waals surface area contributed by atoms with Crippen molar-refractivity contribution < 1.29 is 9.13 Å². The van der Waals surface area contributed by atoms with Crippen LogP contribution in [0.3, 0.4) is 0 Å². The van der Waals surface area contributed by atoms with E-state index in [1.165, 1.54) is 12.1 Å². The van der Waals surface area contributed by atoms with Crippen molar-refractivity contribution in [1.82, 2.24) is 0 Å². The Kier molecular flexibility index (Phi) is 6.60. The maximum absolute atomic E-state index is 13.4. The first-order valence-corrected chi connectivity index (χ1v) is 6.75. The molecule has 0 saturated heterocycles. The Morgan fingerprint density at radius 3 is 2.61 bits per heavy atom. The topological polar surface area (TPSA) is 9.23 Å². The van der Waals surface area contributed by atoms with Gasteiger partial charge in [-0.1, -0.05) is 25.7 Å². The van der Waals surface area contributed by atoms with Gasteiger partial charge in [-0.3, -0.25) is 0 Å². The number of alkyl halides is 1. The zero-order valence-corrected chi connectivity index (χ0v) is 11.6. The molecule has 0 fully saturated rings. The molecule has 0 unspecified atom stereocenters. The van der Waals surface area contributed by atoms with Crippen LogP contribution in [-0.4, -0.2) is 12.0 Å². The van der Waals surface area contributed by atoms with E-state index in [0.29, 0.717) is 23.6 Å². The van der Waals surface area contributed by atoms with Crippen molar-refractivity contribution in [1.29, 1.82) is 0 Å². The fourth-order valence-electron chi connectivity index (χ4n) is 1.56. The van der Waals surface area contributed by atoms with E-state index in [1.54, 1.807) is 6.07 Å². The zero-order chi connectivity index (χ0) is 13.4. The van der Waals surface area contributed by atoms with E-state index in [-0.39, 0.29) is 11.9 Å². The second-order valence-electron chi connectivity index (χ2n) is 3.97. The summed E-state index contributed by atoms with van der Waals surface area (Å²) < 4.78 is 19.1. The molecule has 0 bridgehead atoms. The van der Waals surface area contributed by atoms with Crippen LogP contribution in [0.15, 0.2) is 18.2 Å². The minimum absolute atomic E-state index is 0.121. The Morgan fingerprint density at radius 1 is 1.28 bits per heavy atom. The second kappa shape index (κ2) is 8.00. The summed E-state index contributed by atoms with van der Waals surface area (Å²) in [6.45, 7) is 4.10. The average molecular weight is 269 g/mol. The molecule has 1 aromatic rings. The van der Waals surface area contributed by atoms with Crippen LogP contribution in [0.5, 0.6) is 5.75 Å². The highest BCUT2D eigenvalue weighted by molar-refractivity contribution is 6.18. The van der Waals surface area contributed by atoms with E-state index in [2.05, 4.69) is 25.7 Å². The van der Waals surface area contributed by atoms with Crippen LogP contribution in [0.25, 0.3) is 0 Å². The number of hydrogen-bond donors (Lipinski definition) is 0. The molecule has 0 aliphatic carbocycles. The van der Waals surface area contributed by atoms with Gasteiger partial charge in [0.25, 0.3) is 0 Å². The lowest BCUT2D eigenvalue weighted by molar-refractivity contribution is 0.192. The minimum atomic E-state index is -0.325. The van der Waals surface area contributed by atoms with Crippen LogP contribution < -0.4 is 4.74 Å². The third kappa shape index (κ3) is 4.98. The van der Waals surface area contributed by atoms with Gasteiger partial charge >= 0.3 is 0 Å². The molecule has 1 rings (SSSR count). The Bertz CT molecular complexity index is 430. The highest BCUT2D eigenvalue weighted by Crippen LogP contribution is 2.19. The second-order valence-corrected chi connectivity index (χ2v) is 4.35. The van der Waals surface area contributed by atoms with Crippen molar-refractivity contribution in [3.8, 4) is 17.6 Å². The fraction of sp³-hybridized carbons (Fsp3) is 0.467. The fourth-order valence-corrected chi connectivity index (χ4v) is 1.66. The molecule has 98 valence electrons. The Hall–Kier alpha value is -1.20. The predicted octanol–water partition coefficient (Wildman–Crippen LogP) is 4.37. The van der Waals surface area contributed by atoms with E-state index < -0.39 is 0 Å². The summed E-state index contributed by atoms with van der Waals surface area (Å²) in [5.41, 5.74) is 0.626. The maximum Gasteiger partial charge on any atom is 0.128 e. The monoisotopic (exact) mass is 268 g/mol. The molecule has 0 radical (unpaired) electrons. The molecule has 0 aliphatic rings. The molecular formula is C15H18ClFO. The van der Waals surface area contributed by atoms with E-state index >= 15 is 0 Å². The van der Waals surface area contributed by atoms with Gasteiger partial charge in [-0.05, 0) is 25.0 Å². The SMILES string of the molecule is CCC(CC)Oc1cc(F)cc(C#CCCCl)c1. The van der Waals surface area contributed by atoms with Gasteiger partial charge in [0.1, 0.15) is 11.6 Å². The third-order valence-electron chi connectivity index (χ3n) is 2.54. The molecule has 0 spiro atoms. The summed E-state index contributed by atoms with van der Waals surface area (Å²) in [5, 5.41) is 0. The van der Waals surface area contributed by atoms with E-state index in [4.69, 9.17) is 16.3 Å². The van der Waals surface area contributed by atoms with Crippen LogP contribution in [0.1, 0.15) is 38.7 Å². The molecule has 18 heavy (non-hydrogen) atoms. The largest absolute Gasteiger partial charge is 0.490 e. The highest BCUT2D eigenvalue weighted by Gasteiger charge is 2.07. The summed E-state index contributed by atoms with van der Waals surface area (Å²) in [6.07, 6.45) is 2.52. The number of rotatable bonds is 5. The molecule has 0 aliphatic heterocycles. The molecule has 0 amide bonds. The molecule has 0 N–H and O–H groups in total. The molecule has 0 atom stereocenters. The minimum Gasteiger partial charge on any atom is -0.490 e. The van der Waals surface area contributed by atoms with Crippen LogP contribution in [0.2, 0.25) is 0 Å². The predicted molar refractivity (Wildman–Crippen MR) is 73.6 cm³/mol. The Labute approximate surface area is 113 Å². The van der Waals surface area contributed by atoms with Crippen molar-refractivity contribution in [2.75, 3.05) is 5.88 Å². The molecule has 0 aromatic heterocycles. The van der Waals surface area contributed by atoms with Gasteiger partial charge in [-0.2, -0.15) is 0 Å². The first kappa shape index (κ1) is 14.9. The van der Waals surface area contributed by atoms with Gasteiger partial charge < -0.3 is 4.74 Å². The van der Waals surface area contributed by atoms with Crippen LogP contribution in [0, 0.1) is 17.7 Å². The first-order valence-electron chi connectivity index (χ1n) is 6.21. The lowest BCUT2D eigenvalue weighted by Gasteiger charge is -2.15. The van der Waals surface area contributed by atoms with Crippen molar-refractivity contribution >= 4 is 11.6 Å². The Morgan fingerprint density at radius 2 is 2.00 bits per heavy atom. The maximum atomic E-state index is 13.4. The quantitative estimate of drug-likeness (QED) is 0.569. The lowest BCUT2D eigenvalue weighted by Crippen LogP contribution is -2.13.